The van der Waals surface area contributed by atoms with Gasteiger partial charge in [-0.15, -0.1) is 0 Å². The summed E-state index contributed by atoms with van der Waals surface area (Å²) in [7, 11) is 0. The first-order valence-electron chi connectivity index (χ1n) is 5.70. The molecule has 0 fully saturated rings. The van der Waals surface area contributed by atoms with E-state index >= 15 is 0 Å². The van der Waals surface area contributed by atoms with Crippen molar-refractivity contribution in [3.8, 4) is 5.75 Å². The second-order valence-corrected chi connectivity index (χ2v) is 5.93. The molecule has 3 nitrogen and oxygen atoms in total. The van der Waals surface area contributed by atoms with E-state index in [0.717, 1.165) is 12.1 Å². The number of hydrogen-bond donors (Lipinski definition) is 0. The minimum atomic E-state index is -4.56. The van der Waals surface area contributed by atoms with Gasteiger partial charge in [0.05, 0.1) is 5.56 Å². The second kappa shape index (κ2) is 6.03. The Bertz CT molecular complexity index is 493. The molecule has 0 aliphatic rings. The molecule has 1 rings (SSSR count). The molecular weight excluding hydrogens is 341 g/mol. The summed E-state index contributed by atoms with van der Waals surface area (Å²) in [6.45, 7) is 4.39. The van der Waals surface area contributed by atoms with Crippen molar-refractivity contribution in [1.82, 2.24) is 0 Å². The molecular formula is C13H14BrF3O3. The number of carbonyl (C=O) groups is 1. The van der Waals surface area contributed by atoms with Gasteiger partial charge in [-0.1, -0.05) is 15.9 Å². The van der Waals surface area contributed by atoms with Crippen LogP contribution in [-0.4, -0.2) is 18.2 Å². The van der Waals surface area contributed by atoms with E-state index in [1.54, 1.807) is 20.8 Å². The van der Waals surface area contributed by atoms with Gasteiger partial charge in [0.1, 0.15) is 11.4 Å². The van der Waals surface area contributed by atoms with Crippen molar-refractivity contribution in [2.24, 2.45) is 0 Å². The van der Waals surface area contributed by atoms with Gasteiger partial charge in [-0.25, -0.2) is 4.79 Å². The van der Waals surface area contributed by atoms with Crippen molar-refractivity contribution >= 4 is 21.9 Å². The molecule has 0 heterocycles. The zero-order chi connectivity index (χ0) is 15.6. The molecule has 0 amide bonds. The maximum atomic E-state index is 12.8. The van der Waals surface area contributed by atoms with Crippen LogP contribution in [-0.2, 0) is 15.7 Å². The first-order valence-corrected chi connectivity index (χ1v) is 6.50. The Hall–Kier alpha value is -1.24. The zero-order valence-electron chi connectivity index (χ0n) is 11.2. The van der Waals surface area contributed by atoms with Crippen molar-refractivity contribution in [3.05, 3.63) is 28.2 Å². The highest BCUT2D eigenvalue weighted by Gasteiger charge is 2.34. The van der Waals surface area contributed by atoms with E-state index in [-0.39, 0.29) is 4.47 Å². The molecule has 1 aromatic rings. The summed E-state index contributed by atoms with van der Waals surface area (Å²) in [5.41, 5.74) is -1.66. The molecule has 0 aliphatic carbocycles. The third-order valence-corrected chi connectivity index (χ3v) is 2.51. The summed E-state index contributed by atoms with van der Waals surface area (Å²) in [5.74, 6) is -1.14. The number of rotatable bonds is 3. The Morgan fingerprint density at radius 2 is 1.85 bits per heavy atom. The maximum absolute atomic E-state index is 12.8. The minimum Gasteiger partial charge on any atom is -0.481 e. The van der Waals surface area contributed by atoms with Crippen molar-refractivity contribution in [1.29, 1.82) is 0 Å². The fraction of sp³-hybridized carbons (Fsp3) is 0.462. The summed E-state index contributed by atoms with van der Waals surface area (Å²) in [6.07, 6.45) is -4.56. The van der Waals surface area contributed by atoms with Crippen molar-refractivity contribution in [2.45, 2.75) is 32.5 Å². The molecule has 0 bridgehead atoms. The molecule has 7 heteroatoms. The van der Waals surface area contributed by atoms with Gasteiger partial charge in [-0.2, -0.15) is 13.2 Å². The minimum absolute atomic E-state index is 0.273. The average molecular weight is 355 g/mol. The van der Waals surface area contributed by atoms with E-state index in [4.69, 9.17) is 9.47 Å². The van der Waals surface area contributed by atoms with Gasteiger partial charge in [-0.3, -0.25) is 0 Å². The van der Waals surface area contributed by atoms with E-state index in [0.29, 0.717) is 0 Å². The Balaban J connectivity index is 2.81. The summed E-state index contributed by atoms with van der Waals surface area (Å²) < 4.78 is 48.6. The van der Waals surface area contributed by atoms with Crippen molar-refractivity contribution in [3.63, 3.8) is 0 Å². The van der Waals surface area contributed by atoms with Crippen molar-refractivity contribution < 1.29 is 27.4 Å². The van der Waals surface area contributed by atoms with E-state index in [1.807, 2.05) is 0 Å². The van der Waals surface area contributed by atoms with Crippen LogP contribution in [0.2, 0.25) is 0 Å². The monoisotopic (exact) mass is 354 g/mol. The van der Waals surface area contributed by atoms with Gasteiger partial charge in [0, 0.05) is 4.47 Å². The molecule has 0 aliphatic heterocycles. The van der Waals surface area contributed by atoms with Crippen LogP contribution in [0.25, 0.3) is 0 Å². The average Bonchev–Trinajstić information content (AvgIpc) is 2.23. The summed E-state index contributed by atoms with van der Waals surface area (Å²) in [5, 5.41) is 0. The molecule has 0 atom stereocenters. The number of hydrogen-bond acceptors (Lipinski definition) is 3. The van der Waals surface area contributed by atoms with Gasteiger partial charge in [-0.05, 0) is 39.0 Å². The van der Waals surface area contributed by atoms with Gasteiger partial charge in [0.25, 0.3) is 0 Å². The number of halogens is 4. The van der Waals surface area contributed by atoms with Gasteiger partial charge in [0.2, 0.25) is 0 Å². The van der Waals surface area contributed by atoms with E-state index < -0.39 is 35.7 Å². The maximum Gasteiger partial charge on any atom is 0.420 e. The third kappa shape index (κ3) is 5.40. The zero-order valence-corrected chi connectivity index (χ0v) is 12.8. The molecule has 112 valence electrons. The number of alkyl halides is 3. The lowest BCUT2D eigenvalue weighted by Gasteiger charge is -2.20. The van der Waals surface area contributed by atoms with E-state index in [1.165, 1.54) is 6.07 Å². The molecule has 0 unspecified atom stereocenters. The molecule has 20 heavy (non-hydrogen) atoms. The number of ether oxygens (including phenoxy) is 2. The Labute approximate surface area is 123 Å². The van der Waals surface area contributed by atoms with Crippen LogP contribution in [0.15, 0.2) is 22.7 Å². The lowest BCUT2D eigenvalue weighted by Crippen LogP contribution is -2.27. The predicted molar refractivity (Wildman–Crippen MR) is 70.5 cm³/mol. The SMILES string of the molecule is CC(C)(C)OC(=O)COc1ccc(Br)cc1C(F)(F)F. The summed E-state index contributed by atoms with van der Waals surface area (Å²) >= 11 is 2.96. The quantitative estimate of drug-likeness (QED) is 0.763. The first-order chi connectivity index (χ1) is 8.99. The molecule has 0 spiro atoms. The highest BCUT2D eigenvalue weighted by molar-refractivity contribution is 9.10. The molecule has 0 saturated carbocycles. The molecule has 0 N–H and O–H groups in total. The Morgan fingerprint density at radius 3 is 2.35 bits per heavy atom. The summed E-state index contributed by atoms with van der Waals surface area (Å²) in [4.78, 5) is 11.4. The second-order valence-electron chi connectivity index (χ2n) is 5.01. The molecule has 1 aromatic carbocycles. The fourth-order valence-electron chi connectivity index (χ4n) is 1.36. The molecule has 0 radical (unpaired) electrons. The van der Waals surface area contributed by atoms with Crippen LogP contribution in [0.1, 0.15) is 26.3 Å². The normalized spacial score (nSPS) is 12.2. The number of carbonyl (C=O) groups excluding carboxylic acids is 1. The predicted octanol–water partition coefficient (Wildman–Crippen LogP) is 4.19. The van der Waals surface area contributed by atoms with E-state index in [2.05, 4.69) is 15.9 Å². The van der Waals surface area contributed by atoms with Crippen molar-refractivity contribution in [2.75, 3.05) is 6.61 Å². The molecule has 0 saturated heterocycles. The fourth-order valence-corrected chi connectivity index (χ4v) is 1.72. The number of benzene rings is 1. The molecule has 0 aromatic heterocycles. The van der Waals surface area contributed by atoms with Crippen LogP contribution in [0, 0.1) is 0 Å². The number of esters is 1. The van der Waals surface area contributed by atoms with Crippen LogP contribution >= 0.6 is 15.9 Å². The third-order valence-electron chi connectivity index (χ3n) is 2.01. The van der Waals surface area contributed by atoms with E-state index in [9.17, 15) is 18.0 Å². The standard InChI is InChI=1S/C13H14BrF3O3/c1-12(2,3)20-11(18)7-19-10-5-4-8(14)6-9(10)13(15,16)17/h4-6H,7H2,1-3H3. The van der Waals surface area contributed by atoms with Crippen LogP contribution in [0.3, 0.4) is 0 Å². The van der Waals surface area contributed by atoms with Gasteiger partial charge in [0.15, 0.2) is 6.61 Å². The largest absolute Gasteiger partial charge is 0.481 e. The first kappa shape index (κ1) is 16.8. The highest BCUT2D eigenvalue weighted by atomic mass is 79.9. The smallest absolute Gasteiger partial charge is 0.420 e. The highest BCUT2D eigenvalue weighted by Crippen LogP contribution is 2.37. The van der Waals surface area contributed by atoms with Crippen LogP contribution in [0.5, 0.6) is 5.75 Å². The summed E-state index contributed by atoms with van der Waals surface area (Å²) in [6, 6.07) is 3.45. The lowest BCUT2D eigenvalue weighted by atomic mass is 10.2. The lowest BCUT2D eigenvalue weighted by molar-refractivity contribution is -0.158. The Morgan fingerprint density at radius 1 is 1.25 bits per heavy atom. The topological polar surface area (TPSA) is 35.5 Å². The van der Waals surface area contributed by atoms with Crippen LogP contribution in [0.4, 0.5) is 13.2 Å². The Kier molecular flexibility index (Phi) is 5.07. The van der Waals surface area contributed by atoms with Crippen LogP contribution < -0.4 is 4.74 Å². The van der Waals surface area contributed by atoms with Gasteiger partial charge < -0.3 is 9.47 Å². The van der Waals surface area contributed by atoms with Gasteiger partial charge >= 0.3 is 12.1 Å².